The van der Waals surface area contributed by atoms with Crippen molar-refractivity contribution in [3.63, 3.8) is 0 Å². The van der Waals surface area contributed by atoms with Crippen molar-refractivity contribution in [1.82, 2.24) is 9.97 Å². The van der Waals surface area contributed by atoms with Gasteiger partial charge in [-0.2, -0.15) is 4.98 Å². The van der Waals surface area contributed by atoms with Crippen LogP contribution in [0.3, 0.4) is 0 Å². The van der Waals surface area contributed by atoms with Crippen LogP contribution in [0.15, 0.2) is 0 Å². The van der Waals surface area contributed by atoms with Gasteiger partial charge in [0.05, 0.1) is 12.2 Å². The summed E-state index contributed by atoms with van der Waals surface area (Å²) in [6, 6.07) is 0. The van der Waals surface area contributed by atoms with Crippen molar-refractivity contribution in [2.75, 3.05) is 18.5 Å². The summed E-state index contributed by atoms with van der Waals surface area (Å²) in [4.78, 5) is 9.28. The van der Waals surface area contributed by atoms with E-state index in [4.69, 9.17) is 4.74 Å². The number of hydrogen-bond donors (Lipinski definition) is 1. The molecule has 2 rings (SSSR count). The van der Waals surface area contributed by atoms with Gasteiger partial charge in [-0.3, -0.25) is 0 Å². The van der Waals surface area contributed by atoms with Crippen LogP contribution >= 0.6 is 0 Å². The van der Waals surface area contributed by atoms with Crippen molar-refractivity contribution in [2.45, 2.75) is 59.3 Å². The molecule has 1 aromatic heterocycles. The molecule has 20 heavy (non-hydrogen) atoms. The van der Waals surface area contributed by atoms with Crippen molar-refractivity contribution in [2.24, 2.45) is 5.92 Å². The summed E-state index contributed by atoms with van der Waals surface area (Å²) in [6.45, 7) is 10.2. The Morgan fingerprint density at radius 2 is 2.05 bits per heavy atom. The standard InChI is InChI=1S/C16H27N3O/c1-5-7-11(3)10-20-16-12(4)14(17-6-2)18-15(19-16)13-8-9-13/h11,13H,5-10H2,1-4H3,(H,17,18,19). The van der Waals surface area contributed by atoms with Gasteiger partial charge >= 0.3 is 0 Å². The minimum atomic E-state index is 0.545. The molecule has 1 saturated carbocycles. The van der Waals surface area contributed by atoms with Crippen LogP contribution in [-0.2, 0) is 0 Å². The molecule has 112 valence electrons. The number of anilines is 1. The van der Waals surface area contributed by atoms with Crippen LogP contribution in [0, 0.1) is 12.8 Å². The zero-order valence-corrected chi connectivity index (χ0v) is 13.2. The molecule has 0 amide bonds. The zero-order valence-electron chi connectivity index (χ0n) is 13.2. The van der Waals surface area contributed by atoms with E-state index in [-0.39, 0.29) is 0 Å². The van der Waals surface area contributed by atoms with Gasteiger partial charge in [0.25, 0.3) is 0 Å². The summed E-state index contributed by atoms with van der Waals surface area (Å²) in [5.74, 6) is 3.76. The lowest BCUT2D eigenvalue weighted by Gasteiger charge is -2.16. The first-order valence-electron chi connectivity index (χ1n) is 7.90. The van der Waals surface area contributed by atoms with Gasteiger partial charge in [0.1, 0.15) is 11.6 Å². The molecule has 1 aromatic rings. The van der Waals surface area contributed by atoms with Crippen molar-refractivity contribution >= 4 is 5.82 Å². The largest absolute Gasteiger partial charge is 0.477 e. The van der Waals surface area contributed by atoms with E-state index in [0.717, 1.165) is 36.2 Å². The summed E-state index contributed by atoms with van der Waals surface area (Å²) in [5.41, 5.74) is 1.03. The van der Waals surface area contributed by atoms with Crippen LogP contribution in [0.2, 0.25) is 0 Å². The van der Waals surface area contributed by atoms with Gasteiger partial charge in [-0.1, -0.05) is 20.3 Å². The van der Waals surface area contributed by atoms with Crippen molar-refractivity contribution in [1.29, 1.82) is 0 Å². The number of ether oxygens (including phenoxy) is 1. The maximum atomic E-state index is 5.97. The van der Waals surface area contributed by atoms with Gasteiger partial charge in [0, 0.05) is 12.5 Å². The van der Waals surface area contributed by atoms with Gasteiger partial charge in [0.2, 0.25) is 5.88 Å². The summed E-state index contributed by atoms with van der Waals surface area (Å²) in [7, 11) is 0. The lowest BCUT2D eigenvalue weighted by Crippen LogP contribution is -2.13. The van der Waals surface area contributed by atoms with Crippen LogP contribution in [0.25, 0.3) is 0 Å². The van der Waals surface area contributed by atoms with E-state index in [0.29, 0.717) is 11.8 Å². The number of nitrogens with zero attached hydrogens (tertiary/aromatic N) is 2. The highest BCUT2D eigenvalue weighted by Gasteiger charge is 2.28. The van der Waals surface area contributed by atoms with Crippen LogP contribution in [0.5, 0.6) is 5.88 Å². The fourth-order valence-electron chi connectivity index (χ4n) is 2.31. The molecule has 4 nitrogen and oxygen atoms in total. The molecule has 1 unspecified atom stereocenters. The van der Waals surface area contributed by atoms with Gasteiger partial charge < -0.3 is 10.1 Å². The van der Waals surface area contributed by atoms with E-state index >= 15 is 0 Å². The monoisotopic (exact) mass is 277 g/mol. The molecule has 0 bridgehead atoms. The first-order chi connectivity index (χ1) is 9.65. The second-order valence-corrected chi connectivity index (χ2v) is 5.87. The SMILES string of the molecule is CCCC(C)COc1nc(C2CC2)nc(NCC)c1C. The molecule has 0 saturated heterocycles. The average molecular weight is 277 g/mol. The quantitative estimate of drug-likeness (QED) is 0.782. The zero-order chi connectivity index (χ0) is 14.5. The van der Waals surface area contributed by atoms with Gasteiger partial charge in [0.15, 0.2) is 0 Å². The molecule has 1 atom stereocenters. The van der Waals surface area contributed by atoms with Gasteiger partial charge in [-0.05, 0) is 39.0 Å². The van der Waals surface area contributed by atoms with Crippen LogP contribution in [0.4, 0.5) is 5.82 Å². The van der Waals surface area contributed by atoms with Crippen molar-refractivity contribution in [3.8, 4) is 5.88 Å². The molecule has 0 spiro atoms. The van der Waals surface area contributed by atoms with Crippen molar-refractivity contribution < 1.29 is 4.74 Å². The second-order valence-electron chi connectivity index (χ2n) is 5.87. The summed E-state index contributed by atoms with van der Waals surface area (Å²) < 4.78 is 5.97. The molecular formula is C16H27N3O. The molecule has 0 radical (unpaired) electrons. The average Bonchev–Trinajstić information content (AvgIpc) is 3.24. The summed E-state index contributed by atoms with van der Waals surface area (Å²) in [6.07, 6.45) is 4.81. The van der Waals surface area contributed by atoms with Crippen LogP contribution < -0.4 is 10.1 Å². The number of aromatic nitrogens is 2. The van der Waals surface area contributed by atoms with Crippen LogP contribution in [0.1, 0.15) is 63.8 Å². The Balaban J connectivity index is 2.12. The van der Waals surface area contributed by atoms with E-state index in [9.17, 15) is 0 Å². The molecular weight excluding hydrogens is 250 g/mol. The molecule has 1 fully saturated rings. The minimum absolute atomic E-state index is 0.545. The fraction of sp³-hybridized carbons (Fsp3) is 0.750. The Morgan fingerprint density at radius 1 is 1.30 bits per heavy atom. The fourth-order valence-corrected chi connectivity index (χ4v) is 2.31. The van der Waals surface area contributed by atoms with E-state index in [1.165, 1.54) is 25.7 Å². The normalized spacial score (nSPS) is 16.0. The molecule has 1 aliphatic rings. The summed E-state index contributed by atoms with van der Waals surface area (Å²) >= 11 is 0. The number of hydrogen-bond acceptors (Lipinski definition) is 4. The maximum Gasteiger partial charge on any atom is 0.221 e. The van der Waals surface area contributed by atoms with Gasteiger partial charge in [-0.15, -0.1) is 0 Å². The second kappa shape index (κ2) is 6.91. The molecule has 4 heteroatoms. The molecule has 0 aliphatic heterocycles. The molecule has 1 heterocycles. The van der Waals surface area contributed by atoms with Crippen molar-refractivity contribution in [3.05, 3.63) is 11.4 Å². The highest BCUT2D eigenvalue weighted by Crippen LogP contribution is 2.40. The number of rotatable bonds is 8. The maximum absolute atomic E-state index is 5.97. The summed E-state index contributed by atoms with van der Waals surface area (Å²) in [5, 5.41) is 3.32. The van der Waals surface area contributed by atoms with E-state index < -0.39 is 0 Å². The third-order valence-electron chi connectivity index (χ3n) is 3.69. The Kier molecular flexibility index (Phi) is 5.21. The lowest BCUT2D eigenvalue weighted by atomic mass is 10.1. The molecule has 1 aliphatic carbocycles. The Morgan fingerprint density at radius 3 is 2.65 bits per heavy atom. The van der Waals surface area contributed by atoms with E-state index in [2.05, 4.69) is 36.1 Å². The van der Waals surface area contributed by atoms with E-state index in [1.807, 2.05) is 6.92 Å². The third kappa shape index (κ3) is 3.84. The third-order valence-corrected chi connectivity index (χ3v) is 3.69. The Bertz CT molecular complexity index is 444. The minimum Gasteiger partial charge on any atom is -0.477 e. The first kappa shape index (κ1) is 15.1. The molecule has 0 aromatic carbocycles. The molecule has 1 N–H and O–H groups in total. The number of nitrogens with one attached hydrogen (secondary N) is 1. The highest BCUT2D eigenvalue weighted by molar-refractivity contribution is 5.49. The van der Waals surface area contributed by atoms with E-state index in [1.54, 1.807) is 0 Å². The Hall–Kier alpha value is -1.32. The first-order valence-corrected chi connectivity index (χ1v) is 7.90. The van der Waals surface area contributed by atoms with Gasteiger partial charge in [-0.25, -0.2) is 4.98 Å². The smallest absolute Gasteiger partial charge is 0.221 e. The predicted octanol–water partition coefficient (Wildman–Crippen LogP) is 3.91. The highest BCUT2D eigenvalue weighted by atomic mass is 16.5. The predicted molar refractivity (Wildman–Crippen MR) is 82.5 cm³/mol. The van der Waals surface area contributed by atoms with Crippen LogP contribution in [-0.4, -0.2) is 23.1 Å². The topological polar surface area (TPSA) is 47.0 Å². The lowest BCUT2D eigenvalue weighted by molar-refractivity contribution is 0.240. The Labute approximate surface area is 122 Å².